The summed E-state index contributed by atoms with van der Waals surface area (Å²) in [6.45, 7) is 4.57. The second-order valence-electron chi connectivity index (χ2n) is 4.11. The Hall–Kier alpha value is -1.36. The third kappa shape index (κ3) is 4.99. The van der Waals surface area contributed by atoms with E-state index < -0.39 is 0 Å². The molecule has 1 aromatic rings. The van der Waals surface area contributed by atoms with Crippen LogP contribution in [0, 0.1) is 0 Å². The SMILES string of the molecule is CCCCCN(C)c1cc(NCCN)ncn1. The number of nitrogens with two attached hydrogens (primary N) is 1. The van der Waals surface area contributed by atoms with Crippen molar-refractivity contribution in [3.05, 3.63) is 12.4 Å². The molecule has 0 radical (unpaired) electrons. The molecule has 0 saturated carbocycles. The molecule has 17 heavy (non-hydrogen) atoms. The molecule has 0 atom stereocenters. The fourth-order valence-corrected chi connectivity index (χ4v) is 1.57. The van der Waals surface area contributed by atoms with E-state index in [4.69, 9.17) is 5.73 Å². The zero-order chi connectivity index (χ0) is 12.5. The molecule has 0 bridgehead atoms. The van der Waals surface area contributed by atoms with E-state index in [1.165, 1.54) is 19.3 Å². The summed E-state index contributed by atoms with van der Waals surface area (Å²) in [7, 11) is 2.06. The highest BCUT2D eigenvalue weighted by Crippen LogP contribution is 2.13. The van der Waals surface area contributed by atoms with Crippen molar-refractivity contribution in [2.45, 2.75) is 26.2 Å². The van der Waals surface area contributed by atoms with Gasteiger partial charge in [0.1, 0.15) is 18.0 Å². The molecule has 0 unspecified atom stereocenters. The van der Waals surface area contributed by atoms with Gasteiger partial charge in [-0.15, -0.1) is 0 Å². The minimum atomic E-state index is 0.603. The maximum Gasteiger partial charge on any atom is 0.133 e. The van der Waals surface area contributed by atoms with Gasteiger partial charge in [0.15, 0.2) is 0 Å². The standard InChI is InChI=1S/C12H23N5/c1-3-4-5-8-17(2)12-9-11(14-7-6-13)15-10-16-12/h9-10H,3-8,13H2,1-2H3,(H,14,15,16). The van der Waals surface area contributed by atoms with Crippen molar-refractivity contribution in [2.24, 2.45) is 5.73 Å². The highest BCUT2D eigenvalue weighted by atomic mass is 15.2. The Morgan fingerprint density at radius 1 is 1.35 bits per heavy atom. The smallest absolute Gasteiger partial charge is 0.133 e. The average molecular weight is 237 g/mol. The van der Waals surface area contributed by atoms with Gasteiger partial charge < -0.3 is 16.0 Å². The lowest BCUT2D eigenvalue weighted by Gasteiger charge is -2.18. The largest absolute Gasteiger partial charge is 0.369 e. The van der Waals surface area contributed by atoms with Crippen molar-refractivity contribution in [3.8, 4) is 0 Å². The fraction of sp³-hybridized carbons (Fsp3) is 0.667. The van der Waals surface area contributed by atoms with Crippen LogP contribution in [0.4, 0.5) is 11.6 Å². The van der Waals surface area contributed by atoms with Crippen molar-refractivity contribution >= 4 is 11.6 Å². The van der Waals surface area contributed by atoms with Crippen molar-refractivity contribution < 1.29 is 0 Å². The Morgan fingerprint density at radius 3 is 2.88 bits per heavy atom. The molecule has 1 rings (SSSR count). The third-order valence-corrected chi connectivity index (χ3v) is 2.59. The molecule has 0 spiro atoms. The van der Waals surface area contributed by atoms with E-state index in [1.807, 2.05) is 6.07 Å². The number of rotatable bonds is 8. The normalized spacial score (nSPS) is 10.3. The lowest BCUT2D eigenvalue weighted by Crippen LogP contribution is -2.20. The van der Waals surface area contributed by atoms with E-state index in [1.54, 1.807) is 6.33 Å². The maximum absolute atomic E-state index is 5.44. The summed E-state index contributed by atoms with van der Waals surface area (Å²) < 4.78 is 0. The summed E-state index contributed by atoms with van der Waals surface area (Å²) in [4.78, 5) is 10.6. The van der Waals surface area contributed by atoms with Crippen molar-refractivity contribution in [1.29, 1.82) is 0 Å². The lowest BCUT2D eigenvalue weighted by atomic mass is 10.2. The molecule has 5 nitrogen and oxygen atoms in total. The molecule has 0 aromatic carbocycles. The number of unbranched alkanes of at least 4 members (excludes halogenated alkanes) is 2. The van der Waals surface area contributed by atoms with Crippen LogP contribution < -0.4 is 16.0 Å². The molecule has 0 saturated heterocycles. The second-order valence-corrected chi connectivity index (χ2v) is 4.11. The first kappa shape index (κ1) is 13.7. The molecule has 96 valence electrons. The molecule has 1 aromatic heterocycles. The van der Waals surface area contributed by atoms with Crippen molar-refractivity contribution in [2.75, 3.05) is 36.9 Å². The van der Waals surface area contributed by atoms with Crippen LogP contribution >= 0.6 is 0 Å². The molecule has 1 heterocycles. The summed E-state index contributed by atoms with van der Waals surface area (Å²) in [5.74, 6) is 1.79. The summed E-state index contributed by atoms with van der Waals surface area (Å²) in [6, 6.07) is 1.96. The van der Waals surface area contributed by atoms with Gasteiger partial charge in [0.2, 0.25) is 0 Å². The Kier molecular flexibility index (Phi) is 6.32. The molecule has 5 heteroatoms. The van der Waals surface area contributed by atoms with Crippen LogP contribution in [0.1, 0.15) is 26.2 Å². The van der Waals surface area contributed by atoms with Crippen LogP contribution in [0.3, 0.4) is 0 Å². The first-order chi connectivity index (χ1) is 8.27. The van der Waals surface area contributed by atoms with Crippen LogP contribution in [0.15, 0.2) is 12.4 Å². The highest BCUT2D eigenvalue weighted by Gasteiger charge is 2.03. The lowest BCUT2D eigenvalue weighted by molar-refractivity contribution is 0.701. The van der Waals surface area contributed by atoms with E-state index in [0.29, 0.717) is 6.54 Å². The second kappa shape index (κ2) is 7.84. The number of hydrogen-bond donors (Lipinski definition) is 2. The maximum atomic E-state index is 5.44. The van der Waals surface area contributed by atoms with Gasteiger partial charge in [0.05, 0.1) is 0 Å². The third-order valence-electron chi connectivity index (χ3n) is 2.59. The number of aromatic nitrogens is 2. The van der Waals surface area contributed by atoms with Gasteiger partial charge in [-0.05, 0) is 6.42 Å². The fourth-order valence-electron chi connectivity index (χ4n) is 1.57. The molecular weight excluding hydrogens is 214 g/mol. The van der Waals surface area contributed by atoms with Crippen LogP contribution in [-0.2, 0) is 0 Å². The summed E-state index contributed by atoms with van der Waals surface area (Å²) >= 11 is 0. The summed E-state index contributed by atoms with van der Waals surface area (Å²) in [6.07, 6.45) is 5.28. The predicted molar refractivity (Wildman–Crippen MR) is 72.4 cm³/mol. The predicted octanol–water partition coefficient (Wildman–Crippen LogP) is 1.47. The van der Waals surface area contributed by atoms with Gasteiger partial charge in [-0.3, -0.25) is 0 Å². The summed E-state index contributed by atoms with van der Waals surface area (Å²) in [5.41, 5.74) is 5.44. The Balaban J connectivity index is 2.51. The van der Waals surface area contributed by atoms with Gasteiger partial charge in [-0.1, -0.05) is 19.8 Å². The zero-order valence-electron chi connectivity index (χ0n) is 10.8. The Labute approximate surface area is 103 Å². The Bertz CT molecular complexity index is 316. The number of anilines is 2. The van der Waals surface area contributed by atoms with Crippen LogP contribution in [0.5, 0.6) is 0 Å². The summed E-state index contributed by atoms with van der Waals surface area (Å²) in [5, 5.41) is 3.15. The van der Waals surface area contributed by atoms with E-state index >= 15 is 0 Å². The van der Waals surface area contributed by atoms with Crippen LogP contribution in [0.25, 0.3) is 0 Å². The number of nitrogens with one attached hydrogen (secondary N) is 1. The minimum Gasteiger partial charge on any atom is -0.369 e. The van der Waals surface area contributed by atoms with Gasteiger partial charge in [-0.25, -0.2) is 9.97 Å². The minimum absolute atomic E-state index is 0.603. The molecular formula is C12H23N5. The van der Waals surface area contributed by atoms with E-state index in [2.05, 4.69) is 34.2 Å². The van der Waals surface area contributed by atoms with Gasteiger partial charge in [0.25, 0.3) is 0 Å². The molecule has 0 fully saturated rings. The Morgan fingerprint density at radius 2 is 2.18 bits per heavy atom. The van der Waals surface area contributed by atoms with Gasteiger partial charge in [-0.2, -0.15) is 0 Å². The average Bonchev–Trinajstić information content (AvgIpc) is 2.37. The first-order valence-corrected chi connectivity index (χ1v) is 6.25. The van der Waals surface area contributed by atoms with E-state index in [-0.39, 0.29) is 0 Å². The molecule has 0 aliphatic carbocycles. The molecule has 0 aliphatic heterocycles. The quantitative estimate of drug-likeness (QED) is 0.670. The first-order valence-electron chi connectivity index (χ1n) is 6.25. The van der Waals surface area contributed by atoms with E-state index in [0.717, 1.165) is 24.7 Å². The molecule has 0 aliphatic rings. The van der Waals surface area contributed by atoms with Crippen LogP contribution in [-0.4, -0.2) is 36.6 Å². The highest BCUT2D eigenvalue weighted by molar-refractivity contribution is 5.47. The topological polar surface area (TPSA) is 67.1 Å². The van der Waals surface area contributed by atoms with Crippen LogP contribution in [0.2, 0.25) is 0 Å². The monoisotopic (exact) mass is 237 g/mol. The molecule has 3 N–H and O–H groups in total. The van der Waals surface area contributed by atoms with Gasteiger partial charge in [0, 0.05) is 32.7 Å². The van der Waals surface area contributed by atoms with Crippen molar-refractivity contribution in [3.63, 3.8) is 0 Å². The number of hydrogen-bond acceptors (Lipinski definition) is 5. The number of nitrogens with zero attached hydrogens (tertiary/aromatic N) is 3. The molecule has 0 amide bonds. The van der Waals surface area contributed by atoms with E-state index in [9.17, 15) is 0 Å². The van der Waals surface area contributed by atoms with Gasteiger partial charge >= 0.3 is 0 Å². The zero-order valence-corrected chi connectivity index (χ0v) is 10.8. The van der Waals surface area contributed by atoms with Crippen molar-refractivity contribution in [1.82, 2.24) is 9.97 Å².